The molecule has 0 atom stereocenters. The molecule has 2 aliphatic heterocycles. The molecule has 0 aromatic heterocycles. The number of likely N-dealkylation sites (tertiary alicyclic amines) is 1. The van der Waals surface area contributed by atoms with Crippen molar-refractivity contribution in [3.8, 4) is 5.75 Å². The van der Waals surface area contributed by atoms with E-state index in [9.17, 15) is 18.5 Å². The van der Waals surface area contributed by atoms with Gasteiger partial charge >= 0.3 is 5.69 Å². The maximum atomic E-state index is 12.6. The van der Waals surface area contributed by atoms with Crippen LogP contribution in [0.15, 0.2) is 23.1 Å². The van der Waals surface area contributed by atoms with Crippen molar-refractivity contribution in [3.05, 3.63) is 28.3 Å². The SMILES string of the molecule is O=[N+]([O-])c1cc(S(=O)(=O)N2CCCC2)ccc1OCC[NH+]1CCCCC1. The van der Waals surface area contributed by atoms with Gasteiger partial charge in [0.15, 0.2) is 5.75 Å². The van der Waals surface area contributed by atoms with Crippen LogP contribution in [0.25, 0.3) is 0 Å². The molecule has 0 amide bonds. The predicted molar refractivity (Wildman–Crippen MR) is 96.0 cm³/mol. The zero-order chi connectivity index (χ0) is 18.6. The van der Waals surface area contributed by atoms with E-state index in [1.165, 1.54) is 40.6 Å². The number of hydrogen-bond acceptors (Lipinski definition) is 5. The molecule has 0 radical (unpaired) electrons. The number of sulfonamides is 1. The second kappa shape index (κ2) is 8.32. The molecule has 8 nitrogen and oxygen atoms in total. The molecular formula is C17H26N3O5S+. The van der Waals surface area contributed by atoms with Crippen LogP contribution in [0, 0.1) is 10.1 Å². The number of piperidine rings is 1. The second-order valence-electron chi connectivity index (χ2n) is 6.91. The van der Waals surface area contributed by atoms with Gasteiger partial charge in [-0.25, -0.2) is 8.42 Å². The lowest BCUT2D eigenvalue weighted by atomic mass is 10.1. The molecule has 0 aliphatic carbocycles. The van der Waals surface area contributed by atoms with Crippen LogP contribution in [0.2, 0.25) is 0 Å². The zero-order valence-corrected chi connectivity index (χ0v) is 15.7. The van der Waals surface area contributed by atoms with E-state index in [0.29, 0.717) is 19.7 Å². The highest BCUT2D eigenvalue weighted by Gasteiger charge is 2.30. The van der Waals surface area contributed by atoms with E-state index < -0.39 is 14.9 Å². The van der Waals surface area contributed by atoms with Crippen molar-refractivity contribution in [1.29, 1.82) is 0 Å². The molecule has 3 rings (SSSR count). The maximum absolute atomic E-state index is 12.6. The minimum atomic E-state index is -3.68. The Balaban J connectivity index is 1.71. The van der Waals surface area contributed by atoms with E-state index in [0.717, 1.165) is 38.5 Å². The first-order valence-electron chi connectivity index (χ1n) is 9.23. The lowest BCUT2D eigenvalue weighted by Gasteiger charge is -2.23. The van der Waals surface area contributed by atoms with Crippen molar-refractivity contribution < 1.29 is 23.0 Å². The molecule has 26 heavy (non-hydrogen) atoms. The Bertz CT molecular complexity index is 741. The van der Waals surface area contributed by atoms with Gasteiger partial charge in [0.1, 0.15) is 13.2 Å². The molecule has 0 spiro atoms. The Morgan fingerprint density at radius 1 is 1.12 bits per heavy atom. The standard InChI is InChI=1S/C17H25N3O5S/c21-20(22)16-14-15(26(23,24)19-10-4-5-11-19)6-7-17(16)25-13-12-18-8-2-1-3-9-18/h6-7,14H,1-5,8-13H2/p+1. The van der Waals surface area contributed by atoms with Crippen molar-refractivity contribution in [1.82, 2.24) is 4.31 Å². The molecule has 2 heterocycles. The van der Waals surface area contributed by atoms with Crippen LogP contribution in [-0.4, -0.2) is 57.0 Å². The minimum Gasteiger partial charge on any atom is -0.481 e. The first kappa shape index (κ1) is 19.1. The number of quaternary nitrogens is 1. The van der Waals surface area contributed by atoms with Crippen molar-refractivity contribution in [2.75, 3.05) is 39.3 Å². The number of benzene rings is 1. The minimum absolute atomic E-state index is 0.0416. The van der Waals surface area contributed by atoms with Gasteiger partial charge in [-0.2, -0.15) is 4.31 Å². The normalized spacial score (nSPS) is 19.5. The Morgan fingerprint density at radius 2 is 1.81 bits per heavy atom. The molecule has 2 aliphatic rings. The Kier molecular flexibility index (Phi) is 6.10. The Hall–Kier alpha value is -1.71. The molecule has 2 saturated heterocycles. The fraction of sp³-hybridized carbons (Fsp3) is 0.647. The molecule has 1 N–H and O–H groups in total. The molecule has 1 aromatic rings. The van der Waals surface area contributed by atoms with Gasteiger partial charge in [0.2, 0.25) is 10.0 Å². The number of rotatable bonds is 7. The van der Waals surface area contributed by atoms with Crippen LogP contribution in [0.1, 0.15) is 32.1 Å². The summed E-state index contributed by atoms with van der Waals surface area (Å²) in [4.78, 5) is 12.2. The van der Waals surface area contributed by atoms with Crippen LogP contribution in [0.3, 0.4) is 0 Å². The van der Waals surface area contributed by atoms with Crippen molar-refractivity contribution in [3.63, 3.8) is 0 Å². The van der Waals surface area contributed by atoms with E-state index in [1.54, 1.807) is 0 Å². The topological polar surface area (TPSA) is 94.2 Å². The molecule has 9 heteroatoms. The highest BCUT2D eigenvalue weighted by atomic mass is 32.2. The first-order chi connectivity index (χ1) is 12.5. The summed E-state index contributed by atoms with van der Waals surface area (Å²) in [5, 5.41) is 11.4. The number of nitro benzene ring substituents is 1. The van der Waals surface area contributed by atoms with Gasteiger partial charge < -0.3 is 9.64 Å². The Labute approximate surface area is 153 Å². The number of ether oxygens (including phenoxy) is 1. The molecular weight excluding hydrogens is 358 g/mol. The van der Waals surface area contributed by atoms with E-state index in [2.05, 4.69) is 0 Å². The first-order valence-corrected chi connectivity index (χ1v) is 10.7. The highest BCUT2D eigenvalue weighted by molar-refractivity contribution is 7.89. The maximum Gasteiger partial charge on any atom is 0.312 e. The average molecular weight is 384 g/mol. The van der Waals surface area contributed by atoms with Crippen LogP contribution in [0.4, 0.5) is 5.69 Å². The summed E-state index contributed by atoms with van der Waals surface area (Å²) in [5.41, 5.74) is -0.293. The van der Waals surface area contributed by atoms with Gasteiger partial charge in [-0.1, -0.05) is 0 Å². The quantitative estimate of drug-likeness (QED) is 0.555. The molecule has 2 fully saturated rings. The van der Waals surface area contributed by atoms with Gasteiger partial charge in [-0.3, -0.25) is 10.1 Å². The fourth-order valence-corrected chi connectivity index (χ4v) is 5.14. The van der Waals surface area contributed by atoms with Crippen LogP contribution in [0.5, 0.6) is 5.75 Å². The third-order valence-electron chi connectivity index (χ3n) is 5.10. The summed E-state index contributed by atoms with van der Waals surface area (Å²) in [5.74, 6) is 0.131. The molecule has 0 unspecified atom stereocenters. The lowest BCUT2D eigenvalue weighted by Crippen LogP contribution is -3.13. The third kappa shape index (κ3) is 4.33. The summed E-state index contributed by atoms with van der Waals surface area (Å²) >= 11 is 0. The van der Waals surface area contributed by atoms with Gasteiger partial charge in [-0.05, 0) is 44.2 Å². The zero-order valence-electron chi connectivity index (χ0n) is 14.9. The summed E-state index contributed by atoms with van der Waals surface area (Å²) in [6, 6.07) is 3.94. The van der Waals surface area contributed by atoms with E-state index in [-0.39, 0.29) is 16.3 Å². The summed E-state index contributed by atoms with van der Waals surface area (Å²) in [6.07, 6.45) is 5.32. The molecule has 0 saturated carbocycles. The van der Waals surface area contributed by atoms with Gasteiger partial charge in [-0.15, -0.1) is 0 Å². The van der Waals surface area contributed by atoms with Crippen molar-refractivity contribution >= 4 is 15.7 Å². The highest BCUT2D eigenvalue weighted by Crippen LogP contribution is 2.31. The van der Waals surface area contributed by atoms with Crippen molar-refractivity contribution in [2.45, 2.75) is 37.0 Å². The molecule has 144 valence electrons. The molecule has 1 aromatic carbocycles. The van der Waals surface area contributed by atoms with Crippen LogP contribution < -0.4 is 9.64 Å². The van der Waals surface area contributed by atoms with Gasteiger partial charge in [0.05, 0.1) is 22.9 Å². The van der Waals surface area contributed by atoms with E-state index in [4.69, 9.17) is 4.74 Å². The second-order valence-corrected chi connectivity index (χ2v) is 8.84. The fourth-order valence-electron chi connectivity index (χ4n) is 3.61. The summed E-state index contributed by atoms with van der Waals surface area (Å²) in [7, 11) is -3.68. The monoisotopic (exact) mass is 384 g/mol. The number of nitrogens with zero attached hydrogens (tertiary/aromatic N) is 2. The van der Waals surface area contributed by atoms with Gasteiger partial charge in [0.25, 0.3) is 0 Å². The number of nitrogens with one attached hydrogen (secondary N) is 1. The Morgan fingerprint density at radius 3 is 2.46 bits per heavy atom. The number of nitro groups is 1. The third-order valence-corrected chi connectivity index (χ3v) is 7.00. The van der Waals surface area contributed by atoms with Crippen LogP contribution >= 0.6 is 0 Å². The average Bonchev–Trinajstić information content (AvgIpc) is 3.18. The van der Waals surface area contributed by atoms with Gasteiger partial charge in [0, 0.05) is 19.2 Å². The van der Waals surface area contributed by atoms with Crippen molar-refractivity contribution in [2.24, 2.45) is 0 Å². The van der Waals surface area contributed by atoms with E-state index >= 15 is 0 Å². The largest absolute Gasteiger partial charge is 0.481 e. The summed E-state index contributed by atoms with van der Waals surface area (Å²) in [6.45, 7) is 4.33. The molecule has 0 bridgehead atoms. The number of hydrogen-bond donors (Lipinski definition) is 1. The van der Waals surface area contributed by atoms with E-state index in [1.807, 2.05) is 0 Å². The summed E-state index contributed by atoms with van der Waals surface area (Å²) < 4.78 is 32.2. The lowest BCUT2D eigenvalue weighted by molar-refractivity contribution is -0.904. The predicted octanol–water partition coefficient (Wildman–Crippen LogP) is 0.827. The smallest absolute Gasteiger partial charge is 0.312 e. The van der Waals surface area contributed by atoms with Crippen LogP contribution in [-0.2, 0) is 10.0 Å².